The van der Waals surface area contributed by atoms with E-state index in [0.29, 0.717) is 19.4 Å². The second kappa shape index (κ2) is 9.46. The summed E-state index contributed by atoms with van der Waals surface area (Å²) in [5, 5.41) is 4.47. The molecule has 1 amide bonds. The summed E-state index contributed by atoms with van der Waals surface area (Å²) in [5.41, 5.74) is 6.73. The molecule has 0 aliphatic rings. The Hall–Kier alpha value is -3.62. The summed E-state index contributed by atoms with van der Waals surface area (Å²) in [6, 6.07) is 11.2. The first-order chi connectivity index (χ1) is 14.9. The topological polar surface area (TPSA) is 119 Å². The van der Waals surface area contributed by atoms with Gasteiger partial charge in [-0.3, -0.25) is 24.0 Å². The van der Waals surface area contributed by atoms with Gasteiger partial charge in [0, 0.05) is 18.8 Å². The molecule has 0 radical (unpaired) electrons. The van der Waals surface area contributed by atoms with Crippen LogP contribution in [-0.2, 0) is 6.54 Å². The van der Waals surface area contributed by atoms with Crippen LogP contribution in [0.15, 0.2) is 46.0 Å². The SMILES string of the molecule is CCCCN(C(=O)c1cc(C)n(-c2ccccc2)n1)c1c(N)n(CCC)c(=O)[nH]c1=O. The van der Waals surface area contributed by atoms with Gasteiger partial charge in [0.1, 0.15) is 5.82 Å². The van der Waals surface area contributed by atoms with Gasteiger partial charge < -0.3 is 5.73 Å². The summed E-state index contributed by atoms with van der Waals surface area (Å²) in [7, 11) is 0. The summed E-state index contributed by atoms with van der Waals surface area (Å²) in [6.07, 6.45) is 2.13. The molecule has 9 nitrogen and oxygen atoms in total. The fraction of sp³-hybridized carbons (Fsp3) is 0.364. The predicted octanol–water partition coefficient (Wildman–Crippen LogP) is 2.47. The van der Waals surface area contributed by atoms with Gasteiger partial charge in [-0.25, -0.2) is 9.48 Å². The number of rotatable bonds is 8. The highest BCUT2D eigenvalue weighted by atomic mass is 16.2. The molecular formula is C22H28N6O3. The number of nitrogens with zero attached hydrogens (tertiary/aromatic N) is 4. The number of nitrogen functional groups attached to an aromatic ring is 1. The van der Waals surface area contributed by atoms with Crippen LogP contribution in [0.25, 0.3) is 5.69 Å². The molecule has 0 saturated heterocycles. The van der Waals surface area contributed by atoms with Crippen molar-refractivity contribution >= 4 is 17.4 Å². The van der Waals surface area contributed by atoms with Crippen LogP contribution >= 0.6 is 0 Å². The van der Waals surface area contributed by atoms with Crippen molar-refractivity contribution in [1.82, 2.24) is 19.3 Å². The third-order valence-corrected chi connectivity index (χ3v) is 5.02. The Labute approximate surface area is 180 Å². The number of carbonyl (C=O) groups excluding carboxylic acids is 1. The molecule has 9 heteroatoms. The molecule has 0 fully saturated rings. The van der Waals surface area contributed by atoms with Crippen molar-refractivity contribution in [1.29, 1.82) is 0 Å². The fourth-order valence-corrected chi connectivity index (χ4v) is 3.46. The van der Waals surface area contributed by atoms with E-state index in [4.69, 9.17) is 5.73 Å². The van der Waals surface area contributed by atoms with Gasteiger partial charge in [-0.1, -0.05) is 38.5 Å². The van der Waals surface area contributed by atoms with Crippen LogP contribution in [0, 0.1) is 6.92 Å². The van der Waals surface area contributed by atoms with Crippen LogP contribution in [0.4, 0.5) is 11.5 Å². The quantitative estimate of drug-likeness (QED) is 0.576. The van der Waals surface area contributed by atoms with Gasteiger partial charge in [0.2, 0.25) is 0 Å². The average Bonchev–Trinajstić information content (AvgIpc) is 3.15. The van der Waals surface area contributed by atoms with E-state index in [2.05, 4.69) is 10.1 Å². The van der Waals surface area contributed by atoms with Crippen LogP contribution in [0.1, 0.15) is 49.3 Å². The molecule has 3 aromatic rings. The van der Waals surface area contributed by atoms with E-state index < -0.39 is 17.2 Å². The first-order valence-electron chi connectivity index (χ1n) is 10.5. The van der Waals surface area contributed by atoms with Crippen molar-refractivity contribution in [2.75, 3.05) is 17.2 Å². The maximum Gasteiger partial charge on any atom is 0.330 e. The lowest BCUT2D eigenvalue weighted by Gasteiger charge is -2.23. The Bertz CT molecular complexity index is 1180. The van der Waals surface area contributed by atoms with Gasteiger partial charge in [-0.2, -0.15) is 5.10 Å². The number of nitrogens with one attached hydrogen (secondary N) is 1. The van der Waals surface area contributed by atoms with E-state index in [0.717, 1.165) is 17.8 Å². The van der Waals surface area contributed by atoms with Crippen molar-refractivity contribution in [3.8, 4) is 5.69 Å². The molecule has 31 heavy (non-hydrogen) atoms. The molecule has 0 spiro atoms. The highest BCUT2D eigenvalue weighted by Gasteiger charge is 2.27. The van der Waals surface area contributed by atoms with E-state index in [1.165, 1.54) is 9.47 Å². The molecule has 3 rings (SSSR count). The lowest BCUT2D eigenvalue weighted by molar-refractivity contribution is 0.0981. The zero-order valence-corrected chi connectivity index (χ0v) is 18.1. The van der Waals surface area contributed by atoms with Gasteiger partial charge in [-0.15, -0.1) is 0 Å². The highest BCUT2D eigenvalue weighted by molar-refractivity contribution is 6.06. The number of amides is 1. The smallest absolute Gasteiger partial charge is 0.330 e. The number of carbonyl (C=O) groups is 1. The second-order valence-electron chi connectivity index (χ2n) is 7.37. The summed E-state index contributed by atoms with van der Waals surface area (Å²) >= 11 is 0. The third-order valence-electron chi connectivity index (χ3n) is 5.02. The first-order valence-corrected chi connectivity index (χ1v) is 10.5. The van der Waals surface area contributed by atoms with Gasteiger partial charge >= 0.3 is 5.69 Å². The van der Waals surface area contributed by atoms with Crippen molar-refractivity contribution in [3.63, 3.8) is 0 Å². The molecule has 2 heterocycles. The van der Waals surface area contributed by atoms with Crippen LogP contribution in [-0.4, -0.2) is 31.8 Å². The fourth-order valence-electron chi connectivity index (χ4n) is 3.46. The Morgan fingerprint density at radius 1 is 1.16 bits per heavy atom. The number of benzene rings is 1. The average molecular weight is 425 g/mol. The van der Waals surface area contributed by atoms with Crippen LogP contribution in [0.5, 0.6) is 0 Å². The van der Waals surface area contributed by atoms with Crippen molar-refractivity contribution in [3.05, 3.63) is 68.6 Å². The number of hydrogen-bond acceptors (Lipinski definition) is 5. The summed E-state index contributed by atoms with van der Waals surface area (Å²) in [4.78, 5) is 42.0. The third kappa shape index (κ3) is 4.45. The molecular weight excluding hydrogens is 396 g/mol. The monoisotopic (exact) mass is 424 g/mol. The largest absolute Gasteiger partial charge is 0.383 e. The predicted molar refractivity (Wildman–Crippen MR) is 121 cm³/mol. The Kier molecular flexibility index (Phi) is 6.74. The van der Waals surface area contributed by atoms with Gasteiger partial charge in [0.25, 0.3) is 11.5 Å². The molecule has 0 unspecified atom stereocenters. The number of aromatic amines is 1. The Morgan fingerprint density at radius 2 is 1.87 bits per heavy atom. The first kappa shape index (κ1) is 22.1. The van der Waals surface area contributed by atoms with Crippen molar-refractivity contribution in [2.24, 2.45) is 0 Å². The number of anilines is 2. The summed E-state index contributed by atoms with van der Waals surface area (Å²) < 4.78 is 2.97. The van der Waals surface area contributed by atoms with E-state index in [9.17, 15) is 14.4 Å². The molecule has 164 valence electrons. The number of aromatic nitrogens is 4. The van der Waals surface area contributed by atoms with E-state index in [-0.39, 0.29) is 23.7 Å². The second-order valence-corrected chi connectivity index (χ2v) is 7.37. The standard InChI is InChI=1S/C22H28N6O3/c1-4-6-13-26(18-19(23)27(12-5-2)22(31)24-20(18)29)21(30)17-14-15(3)28(25-17)16-10-8-7-9-11-16/h7-11,14H,4-6,12-13,23H2,1-3H3,(H,24,29,31). The number of H-pyrrole nitrogens is 1. The van der Waals surface area contributed by atoms with E-state index >= 15 is 0 Å². The molecule has 0 aliphatic heterocycles. The molecule has 0 atom stereocenters. The Morgan fingerprint density at radius 3 is 2.52 bits per heavy atom. The normalized spacial score (nSPS) is 10.9. The minimum atomic E-state index is -0.682. The van der Waals surface area contributed by atoms with Crippen LogP contribution < -0.4 is 21.9 Å². The lowest BCUT2D eigenvalue weighted by atomic mass is 10.2. The number of para-hydroxylation sites is 1. The number of nitrogens with two attached hydrogens (primary N) is 1. The van der Waals surface area contributed by atoms with Gasteiger partial charge in [-0.05, 0) is 38.0 Å². The number of aryl methyl sites for hydroxylation is 1. The molecule has 1 aromatic carbocycles. The number of unbranched alkanes of at least 4 members (excludes halogenated alkanes) is 1. The Balaban J connectivity index is 2.09. The highest BCUT2D eigenvalue weighted by Crippen LogP contribution is 2.21. The number of hydrogen-bond donors (Lipinski definition) is 2. The minimum absolute atomic E-state index is 0.0146. The van der Waals surface area contributed by atoms with Crippen LogP contribution in [0.3, 0.4) is 0 Å². The molecule has 3 N–H and O–H groups in total. The maximum absolute atomic E-state index is 13.5. The molecule has 0 aliphatic carbocycles. The maximum atomic E-state index is 13.5. The van der Waals surface area contributed by atoms with Crippen molar-refractivity contribution < 1.29 is 4.79 Å². The summed E-state index contributed by atoms with van der Waals surface area (Å²) in [6.45, 7) is 6.37. The zero-order chi connectivity index (χ0) is 22.5. The van der Waals surface area contributed by atoms with Gasteiger partial charge in [0.05, 0.1) is 5.69 Å². The van der Waals surface area contributed by atoms with Gasteiger partial charge in [0.15, 0.2) is 11.4 Å². The molecule has 2 aromatic heterocycles. The molecule has 0 saturated carbocycles. The zero-order valence-electron chi connectivity index (χ0n) is 18.1. The van der Waals surface area contributed by atoms with Crippen molar-refractivity contribution in [2.45, 2.75) is 46.6 Å². The lowest BCUT2D eigenvalue weighted by Crippen LogP contribution is -2.41. The summed E-state index contributed by atoms with van der Waals surface area (Å²) in [5.74, 6) is -0.454. The van der Waals surface area contributed by atoms with Crippen LogP contribution in [0.2, 0.25) is 0 Å². The van der Waals surface area contributed by atoms with E-state index in [1.54, 1.807) is 10.7 Å². The molecule has 0 bridgehead atoms. The minimum Gasteiger partial charge on any atom is -0.383 e. The van der Waals surface area contributed by atoms with E-state index in [1.807, 2.05) is 51.1 Å².